The van der Waals surface area contributed by atoms with Crippen LogP contribution in [-0.4, -0.2) is 141 Å². The Hall–Kier alpha value is -1.83. The molecule has 0 spiro atoms. The molecule has 4 aliphatic rings. The van der Waals surface area contributed by atoms with Crippen molar-refractivity contribution >= 4 is 17.9 Å². The van der Waals surface area contributed by atoms with Crippen LogP contribution in [0.4, 0.5) is 0 Å². The molecule has 1 saturated heterocycles. The van der Waals surface area contributed by atoms with Gasteiger partial charge in [-0.15, -0.1) is 0 Å². The molecule has 230 valence electrons. The lowest BCUT2D eigenvalue weighted by atomic mass is 9.63. The number of carboxylic acids is 3. The molecular weight excluding hydrogens is 520 g/mol. The Morgan fingerprint density at radius 1 is 0.550 bits per heavy atom. The van der Waals surface area contributed by atoms with Crippen LogP contribution in [0.5, 0.6) is 0 Å². The second kappa shape index (κ2) is 16.0. The van der Waals surface area contributed by atoms with Crippen LogP contribution >= 0.6 is 0 Å². The number of hydrogen-bond acceptors (Lipinski definition) is 9. The van der Waals surface area contributed by atoms with Crippen molar-refractivity contribution in [3.63, 3.8) is 0 Å². The van der Waals surface area contributed by atoms with Crippen LogP contribution in [0.15, 0.2) is 0 Å². The minimum atomic E-state index is -0.978. The number of aliphatic hydroxyl groups is 1. The summed E-state index contributed by atoms with van der Waals surface area (Å²) >= 11 is 0. The topological polar surface area (TPSA) is 154 Å². The Bertz CT molecular complexity index is 790. The zero-order chi connectivity index (χ0) is 29.0. The molecule has 40 heavy (non-hydrogen) atoms. The smallest absolute Gasteiger partial charge is 0.317 e. The third kappa shape index (κ3) is 11.6. The molecular formula is C28H50N4O8. The molecule has 0 aromatic heterocycles. The van der Waals surface area contributed by atoms with Gasteiger partial charge in [0, 0.05) is 65.2 Å². The molecule has 2 bridgehead atoms. The zero-order valence-electron chi connectivity index (χ0n) is 24.0. The molecule has 0 radical (unpaired) electrons. The third-order valence-electron chi connectivity index (χ3n) is 8.52. The average Bonchev–Trinajstić information content (AvgIpc) is 2.87. The molecule has 0 unspecified atom stereocenters. The first kappa shape index (κ1) is 32.7. The lowest BCUT2D eigenvalue weighted by molar-refractivity contribution is -0.317. The summed E-state index contributed by atoms with van der Waals surface area (Å²) in [4.78, 5) is 46.5. The van der Waals surface area contributed by atoms with Gasteiger partial charge in [0.25, 0.3) is 0 Å². The highest BCUT2D eigenvalue weighted by Crippen LogP contribution is 2.50. The van der Waals surface area contributed by atoms with Crippen LogP contribution in [0.25, 0.3) is 0 Å². The van der Waals surface area contributed by atoms with Crippen molar-refractivity contribution in [2.24, 2.45) is 0 Å². The zero-order valence-corrected chi connectivity index (χ0v) is 24.0. The van der Waals surface area contributed by atoms with Crippen molar-refractivity contribution in [2.45, 2.75) is 88.3 Å². The maximum Gasteiger partial charge on any atom is 0.317 e. The minimum absolute atomic E-state index is 0.162. The maximum absolute atomic E-state index is 11.6. The maximum atomic E-state index is 11.6. The number of carbonyl (C=O) groups is 3. The van der Waals surface area contributed by atoms with Crippen molar-refractivity contribution in [3.8, 4) is 0 Å². The number of fused-ring (bicyclic) bond motifs is 9. The molecule has 0 amide bonds. The van der Waals surface area contributed by atoms with Crippen LogP contribution in [0.2, 0.25) is 0 Å². The van der Waals surface area contributed by atoms with Gasteiger partial charge in [-0.2, -0.15) is 5.06 Å². The van der Waals surface area contributed by atoms with E-state index in [2.05, 4.69) is 0 Å². The van der Waals surface area contributed by atoms with E-state index in [9.17, 15) is 34.8 Å². The number of rotatable bonds is 8. The van der Waals surface area contributed by atoms with Crippen LogP contribution in [0.1, 0.15) is 77.0 Å². The second-order valence-corrected chi connectivity index (χ2v) is 12.1. The largest absolute Gasteiger partial charge is 0.480 e. The van der Waals surface area contributed by atoms with Gasteiger partial charge >= 0.3 is 17.9 Å². The van der Waals surface area contributed by atoms with Gasteiger partial charge in [-0.05, 0) is 12.8 Å². The number of carboxylic acid groups (broad SMARTS) is 3. The minimum Gasteiger partial charge on any atom is -0.480 e. The van der Waals surface area contributed by atoms with Gasteiger partial charge < -0.3 is 20.4 Å². The summed E-state index contributed by atoms with van der Waals surface area (Å²) in [5.41, 5.74) is -1.17. The van der Waals surface area contributed by atoms with E-state index in [1.807, 2.05) is 5.06 Å². The molecule has 3 saturated carbocycles. The molecule has 0 aromatic carbocycles. The number of hydroxylamine groups is 2. The molecule has 0 aromatic rings. The first-order chi connectivity index (χ1) is 19.1. The lowest BCUT2D eigenvalue weighted by Gasteiger charge is -2.54. The average molecular weight is 571 g/mol. The van der Waals surface area contributed by atoms with Crippen LogP contribution < -0.4 is 0 Å². The summed E-state index contributed by atoms with van der Waals surface area (Å²) in [6.45, 7) is 2.61. The first-order valence-corrected chi connectivity index (χ1v) is 15.1. The molecule has 4 rings (SSSR count). The normalized spacial score (nSPS) is 29.9. The van der Waals surface area contributed by atoms with Crippen molar-refractivity contribution in [3.05, 3.63) is 0 Å². The van der Waals surface area contributed by atoms with Gasteiger partial charge in [-0.25, -0.2) is 0 Å². The summed E-state index contributed by atoms with van der Waals surface area (Å²) in [6, 6.07) is 0. The molecule has 4 N–H and O–H groups in total. The molecule has 3 aliphatic carbocycles. The monoisotopic (exact) mass is 570 g/mol. The molecule has 1 heterocycles. The van der Waals surface area contributed by atoms with Gasteiger partial charge in [0.15, 0.2) is 0 Å². The van der Waals surface area contributed by atoms with Crippen LogP contribution in [0.3, 0.4) is 0 Å². The van der Waals surface area contributed by atoms with E-state index in [-0.39, 0.29) is 19.6 Å². The van der Waals surface area contributed by atoms with Crippen molar-refractivity contribution in [1.29, 1.82) is 0 Å². The molecule has 12 nitrogen and oxygen atoms in total. The van der Waals surface area contributed by atoms with E-state index in [4.69, 9.17) is 4.84 Å². The fourth-order valence-corrected chi connectivity index (χ4v) is 6.51. The molecule has 12 heteroatoms. The SMILES string of the molecule is O=C(O)CN1CCN(CC(=O)O)CCN(OC23CCCCCCCCCCC(O)(C2)C3)CCN(CC(=O)O)CC1. The fourth-order valence-electron chi connectivity index (χ4n) is 6.51. The Morgan fingerprint density at radius 2 is 0.900 bits per heavy atom. The van der Waals surface area contributed by atoms with E-state index >= 15 is 0 Å². The van der Waals surface area contributed by atoms with Crippen LogP contribution in [0, 0.1) is 0 Å². The predicted octanol–water partition coefficient (Wildman–Crippen LogP) is 1.57. The van der Waals surface area contributed by atoms with Gasteiger partial charge in [0.05, 0.1) is 30.8 Å². The highest BCUT2D eigenvalue weighted by molar-refractivity contribution is 5.69. The summed E-state index contributed by atoms with van der Waals surface area (Å²) < 4.78 is 0. The second-order valence-electron chi connectivity index (χ2n) is 12.1. The standard InChI is InChI=1S/C28H50N4O8/c33-24(34)19-29-11-13-30(20-25(35)36)15-17-32(18-16-31(14-12-29)21-26(37)38)40-28-10-8-6-4-2-1-3-5-7-9-27(39,22-28)23-28/h39H,1-23H2,(H,33,34)(H,35,36)(H,37,38). The first-order valence-electron chi connectivity index (χ1n) is 15.1. The van der Waals surface area contributed by atoms with Gasteiger partial charge in [-0.1, -0.05) is 51.4 Å². The summed E-state index contributed by atoms with van der Waals surface area (Å²) in [6.07, 6.45) is 12.0. The Labute approximate surface area is 237 Å². The Morgan fingerprint density at radius 3 is 1.30 bits per heavy atom. The van der Waals surface area contributed by atoms with E-state index in [0.717, 1.165) is 38.5 Å². The van der Waals surface area contributed by atoms with E-state index in [1.54, 1.807) is 14.7 Å². The quantitative estimate of drug-likeness (QED) is 0.335. The summed E-state index contributed by atoms with van der Waals surface area (Å²) in [5, 5.41) is 41.4. The molecule has 4 fully saturated rings. The fraction of sp³-hybridized carbons (Fsp3) is 0.893. The van der Waals surface area contributed by atoms with E-state index < -0.39 is 29.1 Å². The van der Waals surface area contributed by atoms with Crippen molar-refractivity contribution < 1.29 is 39.6 Å². The third-order valence-corrected chi connectivity index (χ3v) is 8.52. The van der Waals surface area contributed by atoms with Crippen molar-refractivity contribution in [1.82, 2.24) is 19.8 Å². The number of aliphatic carboxylic acids is 3. The Balaban J connectivity index is 1.74. The van der Waals surface area contributed by atoms with Crippen LogP contribution in [-0.2, 0) is 19.2 Å². The molecule has 0 atom stereocenters. The lowest BCUT2D eigenvalue weighted by Crippen LogP contribution is -2.61. The van der Waals surface area contributed by atoms with Crippen molar-refractivity contribution in [2.75, 3.05) is 72.0 Å². The van der Waals surface area contributed by atoms with Gasteiger partial charge in [0.2, 0.25) is 0 Å². The number of hydrogen-bond donors (Lipinski definition) is 4. The highest BCUT2D eigenvalue weighted by atomic mass is 16.7. The Kier molecular flexibility index (Phi) is 13.1. The van der Waals surface area contributed by atoms with Gasteiger partial charge in [0.1, 0.15) is 0 Å². The predicted molar refractivity (Wildman–Crippen MR) is 148 cm³/mol. The number of nitrogens with zero attached hydrogens (tertiary/aromatic N) is 4. The summed E-state index contributed by atoms with van der Waals surface area (Å²) in [5.74, 6) is -2.88. The van der Waals surface area contributed by atoms with Gasteiger partial charge in [-0.3, -0.25) is 33.9 Å². The van der Waals surface area contributed by atoms with E-state index in [1.165, 1.54) is 25.7 Å². The highest BCUT2D eigenvalue weighted by Gasteiger charge is 2.55. The molecule has 1 aliphatic heterocycles. The van der Waals surface area contributed by atoms with E-state index in [0.29, 0.717) is 65.2 Å². The summed E-state index contributed by atoms with van der Waals surface area (Å²) in [7, 11) is 0.